The van der Waals surface area contributed by atoms with E-state index in [4.69, 9.17) is 14.2 Å². The molecule has 1 aromatic carbocycles. The molecule has 0 radical (unpaired) electrons. The van der Waals surface area contributed by atoms with E-state index in [1.54, 1.807) is 0 Å². The van der Waals surface area contributed by atoms with Gasteiger partial charge in [0.1, 0.15) is 18.5 Å². The summed E-state index contributed by atoms with van der Waals surface area (Å²) in [6.07, 6.45) is 0.560. The molecule has 5 nitrogen and oxygen atoms in total. The standard InChI is InChI=1S/C13H17NO4/c1-14-13(15)16-7-6-10-2-4-11(5-3-10)17-8-12-9-18-12/h2-5,12H,6-9H2,1H3,(H,14,15). The summed E-state index contributed by atoms with van der Waals surface area (Å²) in [5.74, 6) is 0.835. The van der Waals surface area contributed by atoms with Crippen LogP contribution in [0.5, 0.6) is 5.75 Å². The molecule has 1 heterocycles. The number of hydrogen-bond donors (Lipinski definition) is 1. The van der Waals surface area contributed by atoms with Crippen LogP contribution in [0.4, 0.5) is 4.79 Å². The normalized spacial score (nSPS) is 17.1. The number of rotatable bonds is 6. The molecule has 1 aliphatic heterocycles. The maximum absolute atomic E-state index is 10.8. The van der Waals surface area contributed by atoms with Crippen LogP contribution in [0.15, 0.2) is 24.3 Å². The Kier molecular flexibility index (Phi) is 4.41. The van der Waals surface area contributed by atoms with E-state index in [0.717, 1.165) is 17.9 Å². The fourth-order valence-corrected chi connectivity index (χ4v) is 1.44. The maximum Gasteiger partial charge on any atom is 0.406 e. The molecule has 0 bridgehead atoms. The zero-order valence-corrected chi connectivity index (χ0v) is 10.3. The Bertz CT molecular complexity index is 386. The number of alkyl carbamates (subject to hydrolysis) is 1. The SMILES string of the molecule is CNC(=O)OCCc1ccc(OCC2CO2)cc1. The maximum atomic E-state index is 10.8. The minimum Gasteiger partial charge on any atom is -0.491 e. The Labute approximate surface area is 106 Å². The summed E-state index contributed by atoms with van der Waals surface area (Å²) in [6.45, 7) is 1.78. The molecule has 1 amide bonds. The van der Waals surface area contributed by atoms with Crippen LogP contribution in [0.3, 0.4) is 0 Å². The van der Waals surface area contributed by atoms with Crippen molar-refractivity contribution in [3.63, 3.8) is 0 Å². The van der Waals surface area contributed by atoms with Crippen LogP contribution in [0.2, 0.25) is 0 Å². The Morgan fingerprint density at radius 3 is 2.78 bits per heavy atom. The van der Waals surface area contributed by atoms with Crippen molar-refractivity contribution in [3.8, 4) is 5.75 Å². The summed E-state index contributed by atoms with van der Waals surface area (Å²) in [5, 5.41) is 2.40. The number of benzene rings is 1. The molecule has 0 aliphatic carbocycles. The number of epoxide rings is 1. The van der Waals surface area contributed by atoms with Crippen molar-refractivity contribution >= 4 is 6.09 Å². The molecule has 1 aliphatic rings. The Morgan fingerprint density at radius 2 is 2.17 bits per heavy atom. The van der Waals surface area contributed by atoms with Crippen molar-refractivity contribution in [2.24, 2.45) is 0 Å². The van der Waals surface area contributed by atoms with E-state index in [0.29, 0.717) is 19.6 Å². The highest BCUT2D eigenvalue weighted by Gasteiger charge is 2.22. The second kappa shape index (κ2) is 6.26. The predicted molar refractivity (Wildman–Crippen MR) is 65.8 cm³/mol. The van der Waals surface area contributed by atoms with Gasteiger partial charge in [-0.05, 0) is 17.7 Å². The molecular weight excluding hydrogens is 234 g/mol. The summed E-state index contributed by atoms with van der Waals surface area (Å²) in [7, 11) is 1.54. The van der Waals surface area contributed by atoms with Gasteiger partial charge >= 0.3 is 6.09 Å². The van der Waals surface area contributed by atoms with Crippen LogP contribution in [-0.2, 0) is 15.9 Å². The fraction of sp³-hybridized carbons (Fsp3) is 0.462. The number of hydrogen-bond acceptors (Lipinski definition) is 4. The molecule has 1 fully saturated rings. The summed E-state index contributed by atoms with van der Waals surface area (Å²) in [5.41, 5.74) is 1.11. The first kappa shape index (κ1) is 12.7. The van der Waals surface area contributed by atoms with Crippen molar-refractivity contribution < 1.29 is 19.0 Å². The summed E-state index contributed by atoms with van der Waals surface area (Å²) in [6, 6.07) is 7.77. The minimum atomic E-state index is -0.403. The van der Waals surface area contributed by atoms with Crippen LogP contribution >= 0.6 is 0 Å². The minimum absolute atomic E-state index is 0.269. The number of nitrogens with one attached hydrogen (secondary N) is 1. The van der Waals surface area contributed by atoms with E-state index >= 15 is 0 Å². The van der Waals surface area contributed by atoms with Gasteiger partial charge < -0.3 is 19.5 Å². The van der Waals surface area contributed by atoms with Gasteiger partial charge in [0, 0.05) is 13.5 Å². The third kappa shape index (κ3) is 4.25. The molecule has 1 N–H and O–H groups in total. The highest BCUT2D eigenvalue weighted by atomic mass is 16.6. The average Bonchev–Trinajstić information content (AvgIpc) is 3.21. The van der Waals surface area contributed by atoms with Crippen LogP contribution < -0.4 is 10.1 Å². The molecule has 0 spiro atoms. The van der Waals surface area contributed by atoms with E-state index in [2.05, 4.69) is 5.32 Å². The van der Waals surface area contributed by atoms with E-state index in [9.17, 15) is 4.79 Å². The number of carbonyl (C=O) groups is 1. The van der Waals surface area contributed by atoms with Crippen molar-refractivity contribution in [3.05, 3.63) is 29.8 Å². The highest BCUT2D eigenvalue weighted by molar-refractivity contribution is 5.66. The van der Waals surface area contributed by atoms with Gasteiger partial charge in [-0.2, -0.15) is 0 Å². The van der Waals surface area contributed by atoms with Gasteiger partial charge in [-0.25, -0.2) is 4.79 Å². The van der Waals surface area contributed by atoms with Crippen molar-refractivity contribution in [2.75, 3.05) is 26.9 Å². The van der Waals surface area contributed by atoms with Crippen LogP contribution in [-0.4, -0.2) is 39.1 Å². The lowest BCUT2D eigenvalue weighted by molar-refractivity contribution is 0.150. The van der Waals surface area contributed by atoms with Gasteiger partial charge in [-0.15, -0.1) is 0 Å². The molecule has 1 saturated heterocycles. The topological polar surface area (TPSA) is 60.1 Å². The largest absolute Gasteiger partial charge is 0.491 e. The fourth-order valence-electron chi connectivity index (χ4n) is 1.44. The molecule has 1 atom stereocenters. The van der Waals surface area contributed by atoms with E-state index in [1.165, 1.54) is 7.05 Å². The van der Waals surface area contributed by atoms with E-state index in [1.807, 2.05) is 24.3 Å². The smallest absolute Gasteiger partial charge is 0.406 e. The zero-order chi connectivity index (χ0) is 12.8. The van der Waals surface area contributed by atoms with Crippen molar-refractivity contribution in [2.45, 2.75) is 12.5 Å². The summed E-state index contributed by atoms with van der Waals surface area (Å²) < 4.78 is 15.5. The molecule has 1 aromatic rings. The molecule has 0 saturated carbocycles. The monoisotopic (exact) mass is 251 g/mol. The van der Waals surface area contributed by atoms with Crippen molar-refractivity contribution in [1.82, 2.24) is 5.32 Å². The highest BCUT2D eigenvalue weighted by Crippen LogP contribution is 2.16. The first-order valence-corrected chi connectivity index (χ1v) is 5.96. The van der Waals surface area contributed by atoms with Crippen molar-refractivity contribution in [1.29, 1.82) is 0 Å². The van der Waals surface area contributed by atoms with E-state index in [-0.39, 0.29) is 6.10 Å². The first-order chi connectivity index (χ1) is 8.78. The van der Waals surface area contributed by atoms with Gasteiger partial charge in [0.2, 0.25) is 0 Å². The lowest BCUT2D eigenvalue weighted by atomic mass is 10.1. The van der Waals surface area contributed by atoms with E-state index < -0.39 is 6.09 Å². The van der Waals surface area contributed by atoms with Gasteiger partial charge in [0.25, 0.3) is 0 Å². The first-order valence-electron chi connectivity index (χ1n) is 5.96. The molecule has 98 valence electrons. The van der Waals surface area contributed by atoms with Crippen LogP contribution in [0.1, 0.15) is 5.56 Å². The molecule has 18 heavy (non-hydrogen) atoms. The van der Waals surface area contributed by atoms with Gasteiger partial charge in [-0.3, -0.25) is 0 Å². The number of amides is 1. The molecule has 0 aromatic heterocycles. The lowest BCUT2D eigenvalue weighted by Gasteiger charge is -2.06. The third-order valence-corrected chi connectivity index (χ3v) is 2.59. The molecular formula is C13H17NO4. The van der Waals surface area contributed by atoms with Gasteiger partial charge in [0.15, 0.2) is 0 Å². The second-order valence-corrected chi connectivity index (χ2v) is 4.05. The summed E-state index contributed by atoms with van der Waals surface area (Å²) in [4.78, 5) is 10.8. The van der Waals surface area contributed by atoms with Gasteiger partial charge in [-0.1, -0.05) is 12.1 Å². The Hall–Kier alpha value is -1.75. The van der Waals surface area contributed by atoms with Crippen LogP contribution in [0.25, 0.3) is 0 Å². The zero-order valence-electron chi connectivity index (χ0n) is 10.3. The predicted octanol–water partition coefficient (Wildman–Crippen LogP) is 1.36. The third-order valence-electron chi connectivity index (χ3n) is 2.59. The Balaban J connectivity index is 1.70. The molecule has 1 unspecified atom stereocenters. The average molecular weight is 251 g/mol. The van der Waals surface area contributed by atoms with Gasteiger partial charge in [0.05, 0.1) is 13.2 Å². The lowest BCUT2D eigenvalue weighted by Crippen LogP contribution is -2.20. The molecule has 2 rings (SSSR count). The number of carbonyl (C=O) groups excluding carboxylic acids is 1. The Morgan fingerprint density at radius 1 is 1.44 bits per heavy atom. The van der Waals surface area contributed by atoms with Crippen LogP contribution in [0, 0.1) is 0 Å². The second-order valence-electron chi connectivity index (χ2n) is 4.05. The summed E-state index contributed by atoms with van der Waals surface area (Å²) >= 11 is 0. The number of ether oxygens (including phenoxy) is 3. The molecule has 5 heteroatoms. The quantitative estimate of drug-likeness (QED) is 0.776.